The topological polar surface area (TPSA) is 46.6 Å². The van der Waals surface area contributed by atoms with Crippen LogP contribution in [0, 0.1) is 12.7 Å². The van der Waals surface area contributed by atoms with E-state index in [1.807, 2.05) is 0 Å². The van der Waals surface area contributed by atoms with Gasteiger partial charge >= 0.3 is 5.97 Å². The SMILES string of the molecule is CCN(CC(=O)OC)C(=O)c1ccc(F)c(C)c1. The summed E-state index contributed by atoms with van der Waals surface area (Å²) in [4.78, 5) is 24.6. The minimum absolute atomic E-state index is 0.109. The molecule has 0 fully saturated rings. The van der Waals surface area contributed by atoms with Crippen LogP contribution in [-0.2, 0) is 9.53 Å². The number of carbonyl (C=O) groups is 2. The van der Waals surface area contributed by atoms with Gasteiger partial charge in [0.2, 0.25) is 0 Å². The Morgan fingerprint density at radius 2 is 2.06 bits per heavy atom. The van der Waals surface area contributed by atoms with Crippen LogP contribution in [0.3, 0.4) is 0 Å². The lowest BCUT2D eigenvalue weighted by Crippen LogP contribution is -2.36. The fraction of sp³-hybridized carbons (Fsp3) is 0.385. The molecule has 5 heteroatoms. The first kappa shape index (κ1) is 14.2. The predicted molar refractivity (Wildman–Crippen MR) is 64.7 cm³/mol. The fourth-order valence-corrected chi connectivity index (χ4v) is 1.51. The molecule has 0 atom stereocenters. The number of ether oxygens (including phenoxy) is 1. The van der Waals surface area contributed by atoms with Gasteiger partial charge in [0.1, 0.15) is 12.4 Å². The summed E-state index contributed by atoms with van der Waals surface area (Å²) in [5.74, 6) is -1.15. The van der Waals surface area contributed by atoms with Crippen LogP contribution in [0.4, 0.5) is 4.39 Å². The van der Waals surface area contributed by atoms with Crippen LogP contribution >= 0.6 is 0 Å². The summed E-state index contributed by atoms with van der Waals surface area (Å²) in [7, 11) is 1.27. The van der Waals surface area contributed by atoms with Crippen molar-refractivity contribution in [3.05, 3.63) is 35.1 Å². The first-order valence-corrected chi connectivity index (χ1v) is 5.61. The van der Waals surface area contributed by atoms with E-state index in [0.29, 0.717) is 17.7 Å². The highest BCUT2D eigenvalue weighted by atomic mass is 19.1. The van der Waals surface area contributed by atoms with Gasteiger partial charge in [-0.15, -0.1) is 0 Å². The van der Waals surface area contributed by atoms with Crippen LogP contribution in [0.2, 0.25) is 0 Å². The number of likely N-dealkylation sites (N-methyl/N-ethyl adjacent to an activating group) is 1. The third kappa shape index (κ3) is 3.29. The number of methoxy groups -OCH3 is 1. The quantitative estimate of drug-likeness (QED) is 0.768. The van der Waals surface area contributed by atoms with Crippen LogP contribution in [0.25, 0.3) is 0 Å². The molecular weight excluding hydrogens is 237 g/mol. The molecular formula is C13H16FNO3. The van der Waals surface area contributed by atoms with Crippen LogP contribution in [0.15, 0.2) is 18.2 Å². The molecule has 0 spiro atoms. The summed E-state index contributed by atoms with van der Waals surface area (Å²) in [5, 5.41) is 0. The highest BCUT2D eigenvalue weighted by Gasteiger charge is 2.18. The maximum absolute atomic E-state index is 13.1. The number of amides is 1. The highest BCUT2D eigenvalue weighted by molar-refractivity contribution is 5.96. The van der Waals surface area contributed by atoms with E-state index in [0.717, 1.165) is 0 Å². The lowest BCUT2D eigenvalue weighted by atomic mass is 10.1. The third-order valence-corrected chi connectivity index (χ3v) is 2.62. The molecule has 0 aliphatic carbocycles. The van der Waals surface area contributed by atoms with Crippen LogP contribution in [0.1, 0.15) is 22.8 Å². The minimum Gasteiger partial charge on any atom is -0.468 e. The molecule has 0 saturated carbocycles. The van der Waals surface area contributed by atoms with Crippen molar-refractivity contribution in [3.63, 3.8) is 0 Å². The molecule has 0 heterocycles. The molecule has 18 heavy (non-hydrogen) atoms. The lowest BCUT2D eigenvalue weighted by molar-refractivity contribution is -0.141. The van der Waals surface area contributed by atoms with Crippen molar-refractivity contribution in [1.29, 1.82) is 0 Å². The normalized spacial score (nSPS) is 10.0. The number of nitrogens with zero attached hydrogens (tertiary/aromatic N) is 1. The second-order valence-electron chi connectivity index (χ2n) is 3.86. The molecule has 1 aromatic rings. The second-order valence-corrected chi connectivity index (χ2v) is 3.86. The average Bonchev–Trinajstić information content (AvgIpc) is 2.38. The predicted octanol–water partition coefficient (Wildman–Crippen LogP) is 1.77. The summed E-state index contributed by atoms with van der Waals surface area (Å²) in [6, 6.07) is 4.12. The number of aryl methyl sites for hydroxylation is 1. The Morgan fingerprint density at radius 3 is 2.56 bits per heavy atom. The molecule has 1 rings (SSSR count). The van der Waals surface area contributed by atoms with Crippen molar-refractivity contribution >= 4 is 11.9 Å². The molecule has 0 aliphatic rings. The third-order valence-electron chi connectivity index (χ3n) is 2.62. The molecule has 0 saturated heterocycles. The Kier molecular flexibility index (Phi) is 4.83. The van der Waals surface area contributed by atoms with Gasteiger partial charge in [-0.3, -0.25) is 9.59 Å². The van der Waals surface area contributed by atoms with Crippen LogP contribution in [0.5, 0.6) is 0 Å². The summed E-state index contributed by atoms with van der Waals surface area (Å²) in [5.41, 5.74) is 0.759. The standard InChI is InChI=1S/C13H16FNO3/c1-4-15(8-12(16)18-3)13(17)10-5-6-11(14)9(2)7-10/h5-7H,4,8H2,1-3H3. The van der Waals surface area contributed by atoms with Crippen molar-refractivity contribution in [2.45, 2.75) is 13.8 Å². The zero-order chi connectivity index (χ0) is 13.7. The Morgan fingerprint density at radius 1 is 1.39 bits per heavy atom. The van der Waals surface area contributed by atoms with E-state index in [9.17, 15) is 14.0 Å². The van der Waals surface area contributed by atoms with Crippen LogP contribution in [-0.4, -0.2) is 37.0 Å². The Labute approximate surface area is 105 Å². The van der Waals surface area contributed by atoms with E-state index >= 15 is 0 Å². The van der Waals surface area contributed by atoms with Gasteiger partial charge in [0.25, 0.3) is 5.91 Å². The molecule has 0 aliphatic heterocycles. The van der Waals surface area contributed by atoms with Gasteiger partial charge in [-0.2, -0.15) is 0 Å². The molecule has 0 N–H and O–H groups in total. The molecule has 1 amide bonds. The monoisotopic (exact) mass is 253 g/mol. The Hall–Kier alpha value is -1.91. The van der Waals surface area contributed by atoms with Crippen molar-refractivity contribution in [3.8, 4) is 0 Å². The Bertz CT molecular complexity index is 460. The van der Waals surface area contributed by atoms with Gasteiger partial charge in [-0.1, -0.05) is 0 Å². The summed E-state index contributed by atoms with van der Waals surface area (Å²) in [6.07, 6.45) is 0. The molecule has 0 unspecified atom stereocenters. The number of rotatable bonds is 4. The van der Waals surface area contributed by atoms with Gasteiger partial charge in [0, 0.05) is 12.1 Å². The number of carbonyl (C=O) groups excluding carboxylic acids is 2. The molecule has 4 nitrogen and oxygen atoms in total. The number of benzene rings is 1. The first-order valence-electron chi connectivity index (χ1n) is 5.61. The molecule has 98 valence electrons. The summed E-state index contributed by atoms with van der Waals surface area (Å²) >= 11 is 0. The molecule has 0 bridgehead atoms. The zero-order valence-corrected chi connectivity index (χ0v) is 10.7. The van der Waals surface area contributed by atoms with E-state index in [-0.39, 0.29) is 18.3 Å². The Balaban J connectivity index is 2.89. The maximum atomic E-state index is 13.1. The number of esters is 1. The highest BCUT2D eigenvalue weighted by Crippen LogP contribution is 2.11. The zero-order valence-electron chi connectivity index (χ0n) is 10.7. The van der Waals surface area contributed by atoms with Crippen molar-refractivity contribution in [1.82, 2.24) is 4.90 Å². The van der Waals surface area contributed by atoms with Crippen molar-refractivity contribution in [2.75, 3.05) is 20.2 Å². The van der Waals surface area contributed by atoms with Gasteiger partial charge in [0.05, 0.1) is 7.11 Å². The number of hydrogen-bond donors (Lipinski definition) is 0. The number of halogens is 1. The van der Waals surface area contributed by atoms with E-state index in [1.165, 1.54) is 30.2 Å². The van der Waals surface area contributed by atoms with Crippen molar-refractivity contribution < 1.29 is 18.7 Å². The smallest absolute Gasteiger partial charge is 0.325 e. The van der Waals surface area contributed by atoms with E-state index < -0.39 is 5.97 Å². The minimum atomic E-state index is -0.482. The molecule has 0 aromatic heterocycles. The van der Waals surface area contributed by atoms with E-state index in [2.05, 4.69) is 4.74 Å². The lowest BCUT2D eigenvalue weighted by Gasteiger charge is -2.19. The fourth-order valence-electron chi connectivity index (χ4n) is 1.51. The number of hydrogen-bond acceptors (Lipinski definition) is 3. The summed E-state index contributed by atoms with van der Waals surface area (Å²) < 4.78 is 17.6. The van der Waals surface area contributed by atoms with Crippen molar-refractivity contribution in [2.24, 2.45) is 0 Å². The van der Waals surface area contributed by atoms with Gasteiger partial charge in [0.15, 0.2) is 0 Å². The van der Waals surface area contributed by atoms with Gasteiger partial charge < -0.3 is 9.64 Å². The summed E-state index contributed by atoms with van der Waals surface area (Å²) in [6.45, 7) is 3.62. The van der Waals surface area contributed by atoms with Gasteiger partial charge in [-0.05, 0) is 37.6 Å². The van der Waals surface area contributed by atoms with Gasteiger partial charge in [-0.25, -0.2) is 4.39 Å². The maximum Gasteiger partial charge on any atom is 0.325 e. The average molecular weight is 253 g/mol. The van der Waals surface area contributed by atoms with E-state index in [4.69, 9.17) is 0 Å². The first-order chi connectivity index (χ1) is 8.49. The van der Waals surface area contributed by atoms with E-state index in [1.54, 1.807) is 13.8 Å². The largest absolute Gasteiger partial charge is 0.468 e. The second kappa shape index (κ2) is 6.14. The molecule has 1 aromatic carbocycles. The van der Waals surface area contributed by atoms with Crippen LogP contribution < -0.4 is 0 Å². The molecule has 0 radical (unpaired) electrons.